The van der Waals surface area contributed by atoms with E-state index in [9.17, 15) is 13.2 Å². The summed E-state index contributed by atoms with van der Waals surface area (Å²) in [6.45, 7) is 4.39. The van der Waals surface area contributed by atoms with Crippen molar-refractivity contribution in [3.05, 3.63) is 72.3 Å². The number of benzene rings is 1. The van der Waals surface area contributed by atoms with Gasteiger partial charge in [0.25, 0.3) is 0 Å². The number of aromatic nitrogens is 3. The summed E-state index contributed by atoms with van der Waals surface area (Å²) in [7, 11) is 0. The first-order valence-corrected chi connectivity index (χ1v) is 10.7. The van der Waals surface area contributed by atoms with Gasteiger partial charge in [-0.25, -0.2) is 9.97 Å². The van der Waals surface area contributed by atoms with Gasteiger partial charge in [-0.2, -0.15) is 0 Å². The van der Waals surface area contributed by atoms with E-state index in [1.54, 1.807) is 24.5 Å². The second kappa shape index (κ2) is 8.55. The highest BCUT2D eigenvalue weighted by molar-refractivity contribution is 5.28. The van der Waals surface area contributed by atoms with E-state index in [0.717, 1.165) is 31.7 Å². The van der Waals surface area contributed by atoms with Gasteiger partial charge in [-0.05, 0) is 60.2 Å². The van der Waals surface area contributed by atoms with Crippen LogP contribution in [0.4, 0.5) is 13.2 Å². The normalized spacial score (nSPS) is 22.7. The minimum absolute atomic E-state index is 0.179. The largest absolute Gasteiger partial charge is 0.573 e. The van der Waals surface area contributed by atoms with Crippen molar-refractivity contribution >= 4 is 0 Å². The molecular weight excluding hydrogens is 419 g/mol. The summed E-state index contributed by atoms with van der Waals surface area (Å²) in [5.41, 5.74) is 1.95. The maximum atomic E-state index is 12.4. The number of ether oxygens (including phenoxy) is 1. The molecule has 1 aliphatic carbocycles. The van der Waals surface area contributed by atoms with Crippen LogP contribution in [0.2, 0.25) is 0 Å². The predicted molar refractivity (Wildman–Crippen MR) is 112 cm³/mol. The Morgan fingerprint density at radius 3 is 2.56 bits per heavy atom. The molecular formula is C23H24F3N5O. The van der Waals surface area contributed by atoms with E-state index in [1.807, 2.05) is 22.9 Å². The molecule has 2 atom stereocenters. The first-order valence-electron chi connectivity index (χ1n) is 10.7. The van der Waals surface area contributed by atoms with Gasteiger partial charge in [0.15, 0.2) is 0 Å². The molecule has 0 radical (unpaired) electrons. The molecule has 1 aromatic carbocycles. The van der Waals surface area contributed by atoms with Crippen LogP contribution in [-0.2, 0) is 13.1 Å². The van der Waals surface area contributed by atoms with E-state index in [-0.39, 0.29) is 5.75 Å². The molecule has 1 aliphatic heterocycles. The van der Waals surface area contributed by atoms with Crippen molar-refractivity contribution < 1.29 is 17.9 Å². The van der Waals surface area contributed by atoms with Crippen molar-refractivity contribution in [3.8, 4) is 11.7 Å². The number of rotatable bonds is 8. The summed E-state index contributed by atoms with van der Waals surface area (Å²) >= 11 is 0. The molecule has 2 aliphatic rings. The van der Waals surface area contributed by atoms with Crippen molar-refractivity contribution in [2.24, 2.45) is 17.8 Å². The number of piperidine rings is 1. The third-order valence-corrected chi connectivity index (χ3v) is 6.27. The van der Waals surface area contributed by atoms with Crippen LogP contribution in [0.5, 0.6) is 5.75 Å². The number of nitrogens with one attached hydrogen (secondary N) is 1. The number of likely N-dealkylation sites (tertiary alicyclic amines) is 1. The molecule has 3 aromatic rings. The van der Waals surface area contributed by atoms with Gasteiger partial charge in [-0.3, -0.25) is 9.47 Å². The molecule has 1 saturated carbocycles. The Labute approximate surface area is 184 Å². The van der Waals surface area contributed by atoms with Crippen molar-refractivity contribution in [3.63, 3.8) is 0 Å². The van der Waals surface area contributed by atoms with Gasteiger partial charge in [0, 0.05) is 50.5 Å². The molecule has 6 nitrogen and oxygen atoms in total. The minimum Gasteiger partial charge on any atom is -0.406 e. The molecule has 168 valence electrons. The van der Waals surface area contributed by atoms with Gasteiger partial charge in [0.05, 0.1) is 0 Å². The maximum Gasteiger partial charge on any atom is 0.573 e. The van der Waals surface area contributed by atoms with E-state index in [0.29, 0.717) is 30.2 Å². The lowest BCUT2D eigenvalue weighted by atomic mass is 10.2. The standard InChI is InChI=1S/C23H24F3N5O/c24-23(25,26)32-18-6-1-4-16(10-18)11-27-12-19-20-14-30(15-21(19)20)13-17-5-2-9-31(17)22-28-7-3-8-29-22/h1-10,19-21,27H,11-15H2. The van der Waals surface area contributed by atoms with Gasteiger partial charge in [-0.1, -0.05) is 12.1 Å². The van der Waals surface area contributed by atoms with Crippen LogP contribution >= 0.6 is 0 Å². The molecule has 3 heterocycles. The van der Waals surface area contributed by atoms with Crippen LogP contribution in [0.3, 0.4) is 0 Å². The Balaban J connectivity index is 1.08. The first kappa shape index (κ1) is 21.0. The van der Waals surface area contributed by atoms with Gasteiger partial charge in [0.1, 0.15) is 5.75 Å². The van der Waals surface area contributed by atoms with E-state index in [1.165, 1.54) is 17.8 Å². The molecule has 2 fully saturated rings. The summed E-state index contributed by atoms with van der Waals surface area (Å²) in [6.07, 6.45) is 0.810. The Hall–Kier alpha value is -2.91. The number of nitrogens with zero attached hydrogens (tertiary/aromatic N) is 4. The molecule has 1 saturated heterocycles. The molecule has 5 rings (SSSR count). The van der Waals surface area contributed by atoms with E-state index in [2.05, 4.69) is 31.0 Å². The summed E-state index contributed by atoms with van der Waals surface area (Å²) in [4.78, 5) is 11.1. The minimum atomic E-state index is -4.67. The number of alkyl halides is 3. The fraction of sp³-hybridized carbons (Fsp3) is 0.391. The molecule has 2 aromatic heterocycles. The van der Waals surface area contributed by atoms with Gasteiger partial charge in [0.2, 0.25) is 5.95 Å². The Kier molecular flexibility index (Phi) is 5.60. The van der Waals surface area contributed by atoms with Gasteiger partial charge < -0.3 is 10.1 Å². The zero-order valence-corrected chi connectivity index (χ0v) is 17.4. The molecule has 32 heavy (non-hydrogen) atoms. The summed E-state index contributed by atoms with van der Waals surface area (Å²) in [5, 5.41) is 3.40. The van der Waals surface area contributed by atoms with Crippen LogP contribution in [0.25, 0.3) is 5.95 Å². The highest BCUT2D eigenvalue weighted by Crippen LogP contribution is 2.51. The second-order valence-electron chi connectivity index (χ2n) is 8.43. The van der Waals surface area contributed by atoms with E-state index in [4.69, 9.17) is 0 Å². The average molecular weight is 443 g/mol. The van der Waals surface area contributed by atoms with Crippen LogP contribution in [0.15, 0.2) is 61.1 Å². The molecule has 0 bridgehead atoms. The van der Waals surface area contributed by atoms with Crippen LogP contribution < -0.4 is 10.1 Å². The zero-order chi connectivity index (χ0) is 22.1. The quantitative estimate of drug-likeness (QED) is 0.576. The topological polar surface area (TPSA) is 55.2 Å². The monoisotopic (exact) mass is 443 g/mol. The number of fused-ring (bicyclic) bond motifs is 1. The fourth-order valence-corrected chi connectivity index (χ4v) is 4.79. The number of halogens is 3. The lowest BCUT2D eigenvalue weighted by Crippen LogP contribution is -2.28. The van der Waals surface area contributed by atoms with E-state index >= 15 is 0 Å². The van der Waals surface area contributed by atoms with E-state index < -0.39 is 6.36 Å². The van der Waals surface area contributed by atoms with Crippen molar-refractivity contribution in [2.75, 3.05) is 19.6 Å². The Bertz CT molecular complexity index is 1040. The Morgan fingerprint density at radius 1 is 1.03 bits per heavy atom. The Morgan fingerprint density at radius 2 is 1.81 bits per heavy atom. The molecule has 1 N–H and O–H groups in total. The highest BCUT2D eigenvalue weighted by atomic mass is 19.4. The fourth-order valence-electron chi connectivity index (χ4n) is 4.79. The molecule has 0 spiro atoms. The van der Waals surface area contributed by atoms with Crippen molar-refractivity contribution in [1.29, 1.82) is 0 Å². The van der Waals surface area contributed by atoms with Crippen LogP contribution in [0, 0.1) is 17.8 Å². The molecule has 9 heteroatoms. The number of hydrogen-bond donors (Lipinski definition) is 1. The van der Waals surface area contributed by atoms with Gasteiger partial charge >= 0.3 is 6.36 Å². The van der Waals surface area contributed by atoms with Crippen LogP contribution in [-0.4, -0.2) is 45.4 Å². The first-order chi connectivity index (χ1) is 15.5. The summed E-state index contributed by atoms with van der Waals surface area (Å²) in [5.74, 6) is 2.49. The van der Waals surface area contributed by atoms with Gasteiger partial charge in [-0.15, -0.1) is 13.2 Å². The third-order valence-electron chi connectivity index (χ3n) is 6.27. The second-order valence-corrected chi connectivity index (χ2v) is 8.43. The predicted octanol–water partition coefficient (Wildman–Crippen LogP) is 3.63. The zero-order valence-electron chi connectivity index (χ0n) is 17.4. The maximum absolute atomic E-state index is 12.4. The molecule has 2 unspecified atom stereocenters. The molecule has 0 amide bonds. The van der Waals surface area contributed by atoms with Crippen LogP contribution in [0.1, 0.15) is 11.3 Å². The smallest absolute Gasteiger partial charge is 0.406 e. The lowest BCUT2D eigenvalue weighted by molar-refractivity contribution is -0.274. The summed E-state index contributed by atoms with van der Waals surface area (Å²) in [6, 6.07) is 12.1. The van der Waals surface area contributed by atoms with Crippen molar-refractivity contribution in [2.45, 2.75) is 19.5 Å². The van der Waals surface area contributed by atoms with Crippen molar-refractivity contribution in [1.82, 2.24) is 24.8 Å². The average Bonchev–Trinajstić information content (AvgIpc) is 3.10. The lowest BCUT2D eigenvalue weighted by Gasteiger charge is -2.20. The third kappa shape index (κ3) is 4.78. The SMILES string of the molecule is FC(F)(F)Oc1cccc(CNCC2C3CN(Cc4cccn4-c4ncccn4)CC23)c1. The summed E-state index contributed by atoms with van der Waals surface area (Å²) < 4.78 is 43.2. The number of hydrogen-bond acceptors (Lipinski definition) is 5. The highest BCUT2D eigenvalue weighted by Gasteiger charge is 2.54.